The number of carbonyl (C=O) groups is 1. The Morgan fingerprint density at radius 1 is 1.33 bits per heavy atom. The van der Waals surface area contributed by atoms with E-state index in [2.05, 4.69) is 9.88 Å². The van der Waals surface area contributed by atoms with Gasteiger partial charge < -0.3 is 10.6 Å². The second-order valence-electron chi connectivity index (χ2n) is 4.29. The molecule has 18 heavy (non-hydrogen) atoms. The molecule has 0 spiro atoms. The number of hydrogen-bond acceptors (Lipinski definition) is 4. The normalized spacial score (nSPS) is 16.9. The molecule has 98 valence electrons. The molecular formula is C12H17ClN4O. The van der Waals surface area contributed by atoms with E-state index < -0.39 is 0 Å². The fourth-order valence-electron chi connectivity index (χ4n) is 2.04. The zero-order chi connectivity index (χ0) is 13.0. The number of nitrogens with zero attached hydrogens (tertiary/aromatic N) is 3. The maximum Gasteiger partial charge on any atom is 0.255 e. The van der Waals surface area contributed by atoms with Crippen LogP contribution in [0, 0.1) is 0 Å². The molecule has 2 N–H and O–H groups in total. The van der Waals surface area contributed by atoms with Gasteiger partial charge in [-0.3, -0.25) is 9.69 Å². The lowest BCUT2D eigenvalue weighted by molar-refractivity contribution is 0.0640. The summed E-state index contributed by atoms with van der Waals surface area (Å²) >= 11 is 5.70. The van der Waals surface area contributed by atoms with Gasteiger partial charge in [0.1, 0.15) is 5.15 Å². The Labute approximate surface area is 112 Å². The molecule has 0 bridgehead atoms. The van der Waals surface area contributed by atoms with Crippen molar-refractivity contribution in [2.45, 2.75) is 0 Å². The number of pyridine rings is 1. The van der Waals surface area contributed by atoms with Crippen LogP contribution < -0.4 is 5.73 Å². The van der Waals surface area contributed by atoms with Crippen LogP contribution in [0.25, 0.3) is 0 Å². The number of hydrogen-bond donors (Lipinski definition) is 1. The molecule has 0 unspecified atom stereocenters. The number of nitrogens with two attached hydrogens (primary N) is 1. The van der Waals surface area contributed by atoms with E-state index in [-0.39, 0.29) is 5.91 Å². The van der Waals surface area contributed by atoms with Crippen molar-refractivity contribution in [2.75, 3.05) is 39.3 Å². The van der Waals surface area contributed by atoms with Crippen molar-refractivity contribution in [1.82, 2.24) is 14.8 Å². The van der Waals surface area contributed by atoms with Crippen LogP contribution in [0.5, 0.6) is 0 Å². The molecule has 1 aromatic heterocycles. The smallest absolute Gasteiger partial charge is 0.255 e. The molecule has 1 amide bonds. The minimum atomic E-state index is 0.0200. The Morgan fingerprint density at radius 2 is 2.06 bits per heavy atom. The fraction of sp³-hybridized carbons (Fsp3) is 0.500. The molecule has 0 aliphatic carbocycles. The van der Waals surface area contributed by atoms with Crippen LogP contribution in [0.3, 0.4) is 0 Å². The summed E-state index contributed by atoms with van der Waals surface area (Å²) in [4.78, 5) is 20.2. The summed E-state index contributed by atoms with van der Waals surface area (Å²) < 4.78 is 0. The molecule has 2 rings (SSSR count). The van der Waals surface area contributed by atoms with Gasteiger partial charge in [0.2, 0.25) is 0 Å². The van der Waals surface area contributed by atoms with Crippen LogP contribution in [-0.4, -0.2) is 60.0 Å². The summed E-state index contributed by atoms with van der Waals surface area (Å²) in [5.41, 5.74) is 6.11. The predicted molar refractivity (Wildman–Crippen MR) is 70.6 cm³/mol. The average molecular weight is 269 g/mol. The topological polar surface area (TPSA) is 62.5 Å². The summed E-state index contributed by atoms with van der Waals surface area (Å²) in [6, 6.07) is 3.35. The van der Waals surface area contributed by atoms with Crippen LogP contribution in [0.1, 0.15) is 10.4 Å². The summed E-state index contributed by atoms with van der Waals surface area (Å²) in [6.07, 6.45) is 1.52. The third-order valence-electron chi connectivity index (χ3n) is 3.08. The Kier molecular flexibility index (Phi) is 4.52. The molecule has 0 radical (unpaired) electrons. The highest BCUT2D eigenvalue weighted by Gasteiger charge is 2.21. The van der Waals surface area contributed by atoms with Gasteiger partial charge in [-0.15, -0.1) is 0 Å². The molecule has 1 aliphatic rings. The van der Waals surface area contributed by atoms with Crippen molar-refractivity contribution in [2.24, 2.45) is 5.73 Å². The third-order valence-corrected chi connectivity index (χ3v) is 3.30. The minimum absolute atomic E-state index is 0.0200. The van der Waals surface area contributed by atoms with E-state index in [4.69, 9.17) is 17.3 Å². The maximum atomic E-state index is 12.2. The quantitative estimate of drug-likeness (QED) is 0.809. The second kappa shape index (κ2) is 6.13. The molecule has 1 aromatic rings. The van der Waals surface area contributed by atoms with Gasteiger partial charge in [0.05, 0.1) is 5.56 Å². The van der Waals surface area contributed by atoms with Gasteiger partial charge in [0.25, 0.3) is 5.91 Å². The number of piperazine rings is 1. The Bertz CT molecular complexity index is 401. The van der Waals surface area contributed by atoms with Crippen molar-refractivity contribution >= 4 is 17.5 Å². The fourth-order valence-corrected chi connectivity index (χ4v) is 2.15. The molecule has 5 nitrogen and oxygen atoms in total. The van der Waals surface area contributed by atoms with E-state index >= 15 is 0 Å². The van der Waals surface area contributed by atoms with Gasteiger partial charge in [0, 0.05) is 45.5 Å². The van der Waals surface area contributed by atoms with E-state index in [0.29, 0.717) is 17.3 Å². The van der Waals surface area contributed by atoms with Crippen molar-refractivity contribution in [3.63, 3.8) is 0 Å². The zero-order valence-electron chi connectivity index (χ0n) is 10.2. The average Bonchev–Trinajstić information content (AvgIpc) is 2.40. The number of amides is 1. The lowest BCUT2D eigenvalue weighted by atomic mass is 10.2. The number of halogens is 1. The molecule has 0 aromatic carbocycles. The van der Waals surface area contributed by atoms with Crippen LogP contribution in [0.15, 0.2) is 18.3 Å². The number of carbonyl (C=O) groups excluding carboxylic acids is 1. The highest BCUT2D eigenvalue weighted by molar-refractivity contribution is 6.29. The first-order valence-corrected chi connectivity index (χ1v) is 6.42. The molecular weight excluding hydrogens is 252 g/mol. The summed E-state index contributed by atoms with van der Waals surface area (Å²) in [6.45, 7) is 4.79. The SMILES string of the molecule is NCCN1CCN(C(=O)c2ccc(Cl)nc2)CC1. The lowest BCUT2D eigenvalue weighted by Crippen LogP contribution is -2.49. The van der Waals surface area contributed by atoms with Gasteiger partial charge in [0.15, 0.2) is 0 Å². The van der Waals surface area contributed by atoms with E-state index in [9.17, 15) is 4.79 Å². The molecule has 0 atom stereocenters. The van der Waals surface area contributed by atoms with E-state index in [1.165, 1.54) is 6.20 Å². The van der Waals surface area contributed by atoms with Crippen LogP contribution >= 0.6 is 11.6 Å². The van der Waals surface area contributed by atoms with E-state index in [0.717, 1.165) is 32.7 Å². The molecule has 1 aliphatic heterocycles. The van der Waals surface area contributed by atoms with Gasteiger partial charge in [-0.1, -0.05) is 11.6 Å². The van der Waals surface area contributed by atoms with Gasteiger partial charge >= 0.3 is 0 Å². The number of aromatic nitrogens is 1. The van der Waals surface area contributed by atoms with Crippen molar-refractivity contribution in [1.29, 1.82) is 0 Å². The van der Waals surface area contributed by atoms with Crippen molar-refractivity contribution in [3.8, 4) is 0 Å². The van der Waals surface area contributed by atoms with Crippen molar-refractivity contribution in [3.05, 3.63) is 29.0 Å². The summed E-state index contributed by atoms with van der Waals surface area (Å²) in [5, 5.41) is 0.402. The number of rotatable bonds is 3. The van der Waals surface area contributed by atoms with Crippen LogP contribution in [-0.2, 0) is 0 Å². The largest absolute Gasteiger partial charge is 0.336 e. The standard InChI is InChI=1S/C12H17ClN4O/c13-11-2-1-10(9-15-11)12(18)17-7-5-16(4-3-14)6-8-17/h1-2,9H,3-8,14H2. The summed E-state index contributed by atoms with van der Waals surface area (Å²) in [5.74, 6) is 0.0200. The predicted octanol–water partition coefficient (Wildman–Crippen LogP) is 0.452. The first-order valence-electron chi connectivity index (χ1n) is 6.04. The first-order chi connectivity index (χ1) is 8.70. The monoisotopic (exact) mass is 268 g/mol. The molecule has 6 heteroatoms. The van der Waals surface area contributed by atoms with Gasteiger partial charge in [-0.25, -0.2) is 4.98 Å². The maximum absolute atomic E-state index is 12.2. The van der Waals surface area contributed by atoms with Gasteiger partial charge in [-0.05, 0) is 12.1 Å². The first kappa shape index (κ1) is 13.3. The van der Waals surface area contributed by atoms with Gasteiger partial charge in [-0.2, -0.15) is 0 Å². The highest BCUT2D eigenvalue weighted by Crippen LogP contribution is 2.10. The zero-order valence-corrected chi connectivity index (χ0v) is 10.9. The minimum Gasteiger partial charge on any atom is -0.336 e. The molecule has 0 saturated carbocycles. The van der Waals surface area contributed by atoms with Crippen LogP contribution in [0.4, 0.5) is 0 Å². The highest BCUT2D eigenvalue weighted by atomic mass is 35.5. The molecule has 1 fully saturated rings. The summed E-state index contributed by atoms with van der Waals surface area (Å²) in [7, 11) is 0. The Morgan fingerprint density at radius 3 is 2.61 bits per heavy atom. The third kappa shape index (κ3) is 3.19. The molecule has 1 saturated heterocycles. The molecule has 2 heterocycles. The second-order valence-corrected chi connectivity index (χ2v) is 4.68. The van der Waals surface area contributed by atoms with Crippen molar-refractivity contribution < 1.29 is 4.79 Å². The van der Waals surface area contributed by atoms with E-state index in [1.807, 2.05) is 4.90 Å². The Balaban J connectivity index is 1.93. The Hall–Kier alpha value is -1.17. The van der Waals surface area contributed by atoms with Crippen LogP contribution in [0.2, 0.25) is 5.15 Å². The van der Waals surface area contributed by atoms with E-state index in [1.54, 1.807) is 12.1 Å². The lowest BCUT2D eigenvalue weighted by Gasteiger charge is -2.34.